The minimum Gasteiger partial charge on any atom is -0.481 e. The molecule has 2 amide bonds. The monoisotopic (exact) mass is 259 g/mol. The van der Waals surface area contributed by atoms with Gasteiger partial charge in [0.2, 0.25) is 11.8 Å². The Morgan fingerprint density at radius 2 is 1.89 bits per heavy atom. The van der Waals surface area contributed by atoms with E-state index in [0.29, 0.717) is 0 Å². The molecule has 0 bridgehead atoms. The highest BCUT2D eigenvalue weighted by Gasteiger charge is 2.18. The van der Waals surface area contributed by atoms with E-state index in [1.54, 1.807) is 0 Å². The minimum absolute atomic E-state index is 0.00941. The Hall–Kier alpha value is -1.63. The molecule has 0 fully saturated rings. The number of hydrogen-bond acceptors (Lipinski definition) is 4. The van der Waals surface area contributed by atoms with Gasteiger partial charge in [0.1, 0.15) is 0 Å². The standard InChI is InChI=1S/C11H21N3O4/c1-7(2)10(12)11(18)13-6-8(15)14(3)5-4-9(16)17/h7,10H,4-6,12H2,1-3H3,(H,13,18)(H,16,17)/t10-/m0/s1. The molecule has 0 aromatic rings. The van der Waals surface area contributed by atoms with Crippen molar-refractivity contribution in [1.29, 1.82) is 0 Å². The second-order valence-corrected chi connectivity index (χ2v) is 4.45. The topological polar surface area (TPSA) is 113 Å². The second-order valence-electron chi connectivity index (χ2n) is 4.45. The molecule has 0 aromatic carbocycles. The zero-order valence-corrected chi connectivity index (χ0v) is 11.0. The van der Waals surface area contributed by atoms with Crippen molar-refractivity contribution >= 4 is 17.8 Å². The first-order valence-corrected chi connectivity index (χ1v) is 5.74. The number of carbonyl (C=O) groups excluding carboxylic acids is 2. The van der Waals surface area contributed by atoms with Gasteiger partial charge in [0.25, 0.3) is 0 Å². The van der Waals surface area contributed by atoms with Crippen molar-refractivity contribution < 1.29 is 19.5 Å². The largest absolute Gasteiger partial charge is 0.481 e. The van der Waals surface area contributed by atoms with Gasteiger partial charge in [0, 0.05) is 13.6 Å². The van der Waals surface area contributed by atoms with Gasteiger partial charge in [-0.05, 0) is 5.92 Å². The predicted octanol–water partition coefficient (Wildman–Crippen LogP) is -0.981. The Morgan fingerprint density at radius 1 is 1.33 bits per heavy atom. The molecule has 0 aliphatic rings. The molecule has 1 atom stereocenters. The Balaban J connectivity index is 4.02. The summed E-state index contributed by atoms with van der Waals surface area (Å²) in [4.78, 5) is 34.6. The first kappa shape index (κ1) is 16.4. The number of rotatable bonds is 7. The average molecular weight is 259 g/mol. The highest BCUT2D eigenvalue weighted by atomic mass is 16.4. The molecule has 0 saturated heterocycles. The van der Waals surface area contributed by atoms with Gasteiger partial charge in [0.05, 0.1) is 19.0 Å². The normalized spacial score (nSPS) is 12.1. The molecule has 4 N–H and O–H groups in total. The van der Waals surface area contributed by atoms with Crippen molar-refractivity contribution in [2.45, 2.75) is 26.3 Å². The average Bonchev–Trinajstić information content (AvgIpc) is 2.30. The third-order valence-electron chi connectivity index (χ3n) is 2.52. The van der Waals surface area contributed by atoms with Crippen LogP contribution in [0.4, 0.5) is 0 Å². The first-order valence-electron chi connectivity index (χ1n) is 5.74. The van der Waals surface area contributed by atoms with E-state index in [0.717, 1.165) is 0 Å². The third kappa shape index (κ3) is 6.19. The van der Waals surface area contributed by atoms with E-state index in [-0.39, 0.29) is 37.2 Å². The zero-order valence-electron chi connectivity index (χ0n) is 11.0. The number of nitrogens with one attached hydrogen (secondary N) is 1. The Bertz CT molecular complexity index is 317. The van der Waals surface area contributed by atoms with Crippen molar-refractivity contribution in [3.8, 4) is 0 Å². The summed E-state index contributed by atoms with van der Waals surface area (Å²) in [6.07, 6.45) is -0.123. The summed E-state index contributed by atoms with van der Waals surface area (Å²) in [5.74, 6) is -1.71. The van der Waals surface area contributed by atoms with E-state index in [4.69, 9.17) is 10.8 Å². The lowest BCUT2D eigenvalue weighted by Gasteiger charge is -2.18. The Labute approximate surface area is 106 Å². The number of carboxylic acids is 1. The maximum Gasteiger partial charge on any atom is 0.305 e. The van der Waals surface area contributed by atoms with E-state index in [1.165, 1.54) is 11.9 Å². The summed E-state index contributed by atoms with van der Waals surface area (Å²) in [6, 6.07) is -0.651. The SMILES string of the molecule is CC(C)[C@H](N)C(=O)NCC(=O)N(C)CCC(=O)O. The predicted molar refractivity (Wildman–Crippen MR) is 65.7 cm³/mol. The van der Waals surface area contributed by atoms with Gasteiger partial charge < -0.3 is 21.1 Å². The zero-order chi connectivity index (χ0) is 14.3. The molecule has 0 aliphatic heterocycles. The Morgan fingerprint density at radius 3 is 2.33 bits per heavy atom. The fourth-order valence-electron chi connectivity index (χ4n) is 1.11. The van der Waals surface area contributed by atoms with Crippen LogP contribution in [0.15, 0.2) is 0 Å². The molecule has 0 rings (SSSR count). The smallest absolute Gasteiger partial charge is 0.305 e. The van der Waals surface area contributed by atoms with Crippen molar-refractivity contribution in [2.75, 3.05) is 20.1 Å². The number of aliphatic carboxylic acids is 1. The molecular formula is C11H21N3O4. The molecular weight excluding hydrogens is 238 g/mol. The van der Waals surface area contributed by atoms with Crippen LogP contribution in [-0.4, -0.2) is 54.0 Å². The van der Waals surface area contributed by atoms with Crippen LogP contribution in [0.3, 0.4) is 0 Å². The summed E-state index contributed by atoms with van der Waals surface area (Å²) in [5, 5.41) is 10.9. The summed E-state index contributed by atoms with van der Waals surface area (Å²) in [7, 11) is 1.49. The molecule has 104 valence electrons. The van der Waals surface area contributed by atoms with Crippen LogP contribution >= 0.6 is 0 Å². The number of nitrogens with two attached hydrogens (primary N) is 1. The van der Waals surface area contributed by atoms with Crippen molar-refractivity contribution in [1.82, 2.24) is 10.2 Å². The highest BCUT2D eigenvalue weighted by Crippen LogP contribution is 1.97. The van der Waals surface area contributed by atoms with Crippen LogP contribution in [0.25, 0.3) is 0 Å². The fourth-order valence-corrected chi connectivity index (χ4v) is 1.11. The summed E-state index contributed by atoms with van der Waals surface area (Å²) < 4.78 is 0. The number of likely N-dealkylation sites (N-methyl/N-ethyl adjacent to an activating group) is 1. The molecule has 18 heavy (non-hydrogen) atoms. The molecule has 0 heterocycles. The third-order valence-corrected chi connectivity index (χ3v) is 2.52. The maximum absolute atomic E-state index is 11.5. The van der Waals surface area contributed by atoms with Crippen LogP contribution in [0.2, 0.25) is 0 Å². The van der Waals surface area contributed by atoms with Gasteiger partial charge in [-0.1, -0.05) is 13.8 Å². The van der Waals surface area contributed by atoms with E-state index < -0.39 is 12.0 Å². The molecule has 0 aliphatic carbocycles. The lowest BCUT2D eigenvalue weighted by Crippen LogP contribution is -2.47. The van der Waals surface area contributed by atoms with Crippen LogP contribution in [0, 0.1) is 5.92 Å². The molecule has 0 spiro atoms. The van der Waals surface area contributed by atoms with Crippen molar-refractivity contribution in [2.24, 2.45) is 11.7 Å². The maximum atomic E-state index is 11.5. The quantitative estimate of drug-likeness (QED) is 0.544. The molecule has 0 radical (unpaired) electrons. The van der Waals surface area contributed by atoms with Gasteiger partial charge in [-0.2, -0.15) is 0 Å². The van der Waals surface area contributed by atoms with E-state index >= 15 is 0 Å². The van der Waals surface area contributed by atoms with Crippen molar-refractivity contribution in [3.05, 3.63) is 0 Å². The first-order chi connectivity index (χ1) is 8.25. The molecule has 0 saturated carbocycles. The van der Waals surface area contributed by atoms with Crippen LogP contribution < -0.4 is 11.1 Å². The van der Waals surface area contributed by atoms with Crippen LogP contribution in [0.5, 0.6) is 0 Å². The molecule has 7 nitrogen and oxygen atoms in total. The number of hydrogen-bond donors (Lipinski definition) is 3. The van der Waals surface area contributed by atoms with Gasteiger partial charge in [-0.3, -0.25) is 14.4 Å². The van der Waals surface area contributed by atoms with E-state index in [1.807, 2.05) is 13.8 Å². The Kier molecular flexibility index (Phi) is 6.96. The number of carbonyl (C=O) groups is 3. The van der Waals surface area contributed by atoms with Crippen molar-refractivity contribution in [3.63, 3.8) is 0 Å². The summed E-state index contributed by atoms with van der Waals surface area (Å²) in [5.41, 5.74) is 5.61. The molecule has 7 heteroatoms. The second kappa shape index (κ2) is 7.65. The van der Waals surface area contributed by atoms with Gasteiger partial charge >= 0.3 is 5.97 Å². The summed E-state index contributed by atoms with van der Waals surface area (Å²) >= 11 is 0. The van der Waals surface area contributed by atoms with E-state index in [9.17, 15) is 14.4 Å². The summed E-state index contributed by atoms with van der Waals surface area (Å²) in [6.45, 7) is 3.56. The van der Waals surface area contributed by atoms with Crippen LogP contribution in [0.1, 0.15) is 20.3 Å². The lowest BCUT2D eigenvalue weighted by molar-refractivity contribution is -0.138. The fraction of sp³-hybridized carbons (Fsp3) is 0.727. The van der Waals surface area contributed by atoms with E-state index in [2.05, 4.69) is 5.32 Å². The van der Waals surface area contributed by atoms with Gasteiger partial charge in [-0.15, -0.1) is 0 Å². The van der Waals surface area contributed by atoms with Gasteiger partial charge in [-0.25, -0.2) is 0 Å². The minimum atomic E-state index is -0.972. The van der Waals surface area contributed by atoms with Crippen LogP contribution in [-0.2, 0) is 14.4 Å². The molecule has 0 aromatic heterocycles. The number of nitrogens with zero attached hydrogens (tertiary/aromatic N) is 1. The van der Waals surface area contributed by atoms with Gasteiger partial charge in [0.15, 0.2) is 0 Å². The number of amides is 2. The number of carboxylic acid groups (broad SMARTS) is 1. The molecule has 0 unspecified atom stereocenters. The highest BCUT2D eigenvalue weighted by molar-refractivity contribution is 5.87. The lowest BCUT2D eigenvalue weighted by atomic mass is 10.1.